The lowest BCUT2D eigenvalue weighted by Crippen LogP contribution is -2.31. The number of allylic oxidation sites excluding steroid dienone is 2. The topological polar surface area (TPSA) is 69.0 Å². The van der Waals surface area contributed by atoms with Gasteiger partial charge >= 0.3 is 0 Å². The highest BCUT2D eigenvalue weighted by Gasteiger charge is 2.36. The minimum absolute atomic E-state index is 0.160. The predicted molar refractivity (Wildman–Crippen MR) is 116 cm³/mol. The number of rotatable bonds is 4. The van der Waals surface area contributed by atoms with Gasteiger partial charge in [-0.2, -0.15) is 4.98 Å². The fraction of sp³-hybridized carbons (Fsp3) is 0.261. The third kappa shape index (κ3) is 3.27. The SMILES string of the molecule is CCOc1ccc(C2C3=C(CCCC3=O)Nc3nc(-c4cccc(Cl)c4)nn32)cc1. The Morgan fingerprint density at radius 2 is 2.03 bits per heavy atom. The van der Waals surface area contributed by atoms with Crippen LogP contribution >= 0.6 is 11.6 Å². The molecule has 0 bridgehead atoms. The monoisotopic (exact) mass is 420 g/mol. The summed E-state index contributed by atoms with van der Waals surface area (Å²) in [6.07, 6.45) is 2.23. The maximum absolute atomic E-state index is 12.9. The van der Waals surface area contributed by atoms with E-state index in [9.17, 15) is 4.79 Å². The van der Waals surface area contributed by atoms with Crippen LogP contribution in [-0.4, -0.2) is 27.2 Å². The molecule has 1 aliphatic carbocycles. The highest BCUT2D eigenvalue weighted by atomic mass is 35.5. The van der Waals surface area contributed by atoms with Gasteiger partial charge in [0, 0.05) is 28.3 Å². The molecule has 0 saturated heterocycles. The second-order valence-electron chi connectivity index (χ2n) is 7.41. The van der Waals surface area contributed by atoms with Crippen LogP contribution in [0, 0.1) is 0 Å². The molecule has 0 fully saturated rings. The second kappa shape index (κ2) is 7.61. The molecule has 0 spiro atoms. The summed E-state index contributed by atoms with van der Waals surface area (Å²) in [5.41, 5.74) is 3.54. The first-order chi connectivity index (χ1) is 14.6. The minimum Gasteiger partial charge on any atom is -0.494 e. The Labute approximate surface area is 179 Å². The highest BCUT2D eigenvalue weighted by molar-refractivity contribution is 6.30. The predicted octanol–water partition coefficient (Wildman–Crippen LogP) is 5.02. The zero-order valence-electron chi connectivity index (χ0n) is 16.6. The number of hydrogen-bond donors (Lipinski definition) is 1. The third-order valence-electron chi connectivity index (χ3n) is 5.46. The summed E-state index contributed by atoms with van der Waals surface area (Å²) >= 11 is 6.16. The Balaban J connectivity index is 1.63. The maximum Gasteiger partial charge on any atom is 0.226 e. The maximum atomic E-state index is 12.9. The first kappa shape index (κ1) is 18.9. The van der Waals surface area contributed by atoms with E-state index in [1.54, 1.807) is 0 Å². The molecule has 2 heterocycles. The number of halogens is 1. The summed E-state index contributed by atoms with van der Waals surface area (Å²) in [5, 5.41) is 8.76. The van der Waals surface area contributed by atoms with Crippen LogP contribution in [0.4, 0.5) is 5.95 Å². The first-order valence-electron chi connectivity index (χ1n) is 10.1. The van der Waals surface area contributed by atoms with E-state index in [1.165, 1.54) is 0 Å². The van der Waals surface area contributed by atoms with Gasteiger partial charge in [-0.05, 0) is 49.6 Å². The molecule has 1 atom stereocenters. The van der Waals surface area contributed by atoms with Crippen molar-refractivity contribution in [2.45, 2.75) is 32.2 Å². The Morgan fingerprint density at radius 1 is 1.20 bits per heavy atom. The van der Waals surface area contributed by atoms with Gasteiger partial charge in [0.2, 0.25) is 5.95 Å². The number of nitrogens with one attached hydrogen (secondary N) is 1. The van der Waals surface area contributed by atoms with Crippen LogP contribution < -0.4 is 10.1 Å². The van der Waals surface area contributed by atoms with Crippen LogP contribution in [0.25, 0.3) is 11.4 Å². The van der Waals surface area contributed by atoms with Crippen LogP contribution in [0.2, 0.25) is 5.02 Å². The number of ketones is 1. The van der Waals surface area contributed by atoms with Crippen LogP contribution in [0.3, 0.4) is 0 Å². The molecule has 2 aliphatic rings. The molecule has 2 aromatic carbocycles. The summed E-state index contributed by atoms with van der Waals surface area (Å²) in [4.78, 5) is 17.6. The van der Waals surface area contributed by atoms with Crippen molar-refractivity contribution < 1.29 is 9.53 Å². The molecule has 1 aromatic heterocycles. The number of benzene rings is 2. The largest absolute Gasteiger partial charge is 0.494 e. The molecule has 1 unspecified atom stereocenters. The lowest BCUT2D eigenvalue weighted by atomic mass is 9.85. The van der Waals surface area contributed by atoms with Crippen LogP contribution in [0.1, 0.15) is 37.8 Å². The molecule has 6 nitrogen and oxygen atoms in total. The van der Waals surface area contributed by atoms with E-state index in [-0.39, 0.29) is 11.8 Å². The Kier molecular flexibility index (Phi) is 4.79. The minimum atomic E-state index is -0.319. The van der Waals surface area contributed by atoms with E-state index in [4.69, 9.17) is 26.4 Å². The van der Waals surface area contributed by atoms with Crippen molar-refractivity contribution in [3.63, 3.8) is 0 Å². The normalized spacial score (nSPS) is 17.9. The van der Waals surface area contributed by atoms with Gasteiger partial charge in [-0.1, -0.05) is 35.9 Å². The summed E-state index contributed by atoms with van der Waals surface area (Å²) < 4.78 is 7.39. The number of ether oxygens (including phenoxy) is 1. The standard InChI is InChI=1S/C23H21ClN4O2/c1-2-30-17-11-9-14(10-12-17)21-20-18(7-4-8-19(20)29)25-23-26-22(27-28(21)23)15-5-3-6-16(24)13-15/h3,5-6,9-13,21H,2,4,7-8H2,1H3,(H,25,26,27). The third-order valence-corrected chi connectivity index (χ3v) is 5.69. The smallest absolute Gasteiger partial charge is 0.226 e. The quantitative estimate of drug-likeness (QED) is 0.641. The molecule has 0 radical (unpaired) electrons. The number of carbonyl (C=O) groups excluding carboxylic acids is 1. The van der Waals surface area contributed by atoms with E-state index < -0.39 is 0 Å². The zero-order valence-corrected chi connectivity index (χ0v) is 17.3. The van der Waals surface area contributed by atoms with Gasteiger partial charge in [0.1, 0.15) is 11.8 Å². The highest BCUT2D eigenvalue weighted by Crippen LogP contribution is 2.41. The van der Waals surface area contributed by atoms with Crippen LogP contribution in [0.15, 0.2) is 59.8 Å². The molecular weight excluding hydrogens is 400 g/mol. The second-order valence-corrected chi connectivity index (χ2v) is 7.85. The van der Waals surface area contributed by atoms with Gasteiger partial charge in [0.25, 0.3) is 0 Å². The number of fused-ring (bicyclic) bond motifs is 1. The van der Waals surface area contributed by atoms with Gasteiger partial charge in [-0.15, -0.1) is 5.10 Å². The van der Waals surface area contributed by atoms with E-state index >= 15 is 0 Å². The van der Waals surface area contributed by atoms with E-state index in [2.05, 4.69) is 5.32 Å². The lowest BCUT2D eigenvalue weighted by molar-refractivity contribution is -0.116. The number of nitrogens with zero attached hydrogens (tertiary/aromatic N) is 3. The fourth-order valence-corrected chi connectivity index (χ4v) is 4.32. The van der Waals surface area contributed by atoms with Gasteiger partial charge in [0.05, 0.1) is 6.61 Å². The number of hydrogen-bond acceptors (Lipinski definition) is 5. The number of aromatic nitrogens is 3. The number of Topliss-reactive ketones (excluding diaryl/α,β-unsaturated/α-hetero) is 1. The van der Waals surface area contributed by atoms with Crippen molar-refractivity contribution in [1.82, 2.24) is 14.8 Å². The van der Waals surface area contributed by atoms with Crippen molar-refractivity contribution in [2.24, 2.45) is 0 Å². The van der Waals surface area contributed by atoms with Crippen molar-refractivity contribution in [3.8, 4) is 17.1 Å². The Hall–Kier alpha value is -3.12. The van der Waals surface area contributed by atoms with E-state index in [0.29, 0.717) is 29.8 Å². The molecule has 0 amide bonds. The molecule has 7 heteroatoms. The van der Waals surface area contributed by atoms with Crippen molar-refractivity contribution in [1.29, 1.82) is 0 Å². The summed E-state index contributed by atoms with van der Waals surface area (Å²) in [6.45, 7) is 2.56. The molecule has 1 aliphatic heterocycles. The number of carbonyl (C=O) groups is 1. The fourth-order valence-electron chi connectivity index (χ4n) is 4.13. The molecule has 0 saturated carbocycles. The van der Waals surface area contributed by atoms with Gasteiger partial charge in [0.15, 0.2) is 11.6 Å². The molecule has 3 aromatic rings. The lowest BCUT2D eigenvalue weighted by Gasteiger charge is -2.32. The molecule has 1 N–H and O–H groups in total. The molecule has 152 valence electrons. The van der Waals surface area contributed by atoms with Gasteiger partial charge in [-0.25, -0.2) is 4.68 Å². The van der Waals surface area contributed by atoms with Crippen LogP contribution in [0.5, 0.6) is 5.75 Å². The molecular formula is C23H21ClN4O2. The number of anilines is 1. The van der Waals surface area contributed by atoms with Gasteiger partial charge < -0.3 is 10.1 Å². The van der Waals surface area contributed by atoms with Crippen molar-refractivity contribution >= 4 is 23.3 Å². The summed E-state index contributed by atoms with van der Waals surface area (Å²) in [5.74, 6) is 2.17. The summed E-state index contributed by atoms with van der Waals surface area (Å²) in [6, 6.07) is 15.0. The zero-order chi connectivity index (χ0) is 20.7. The van der Waals surface area contributed by atoms with Crippen molar-refractivity contribution in [3.05, 3.63) is 70.4 Å². The molecule has 30 heavy (non-hydrogen) atoms. The average molecular weight is 421 g/mol. The average Bonchev–Trinajstić information content (AvgIpc) is 3.17. The Bertz CT molecular complexity index is 1150. The Morgan fingerprint density at radius 3 is 2.80 bits per heavy atom. The van der Waals surface area contributed by atoms with Crippen molar-refractivity contribution in [2.75, 3.05) is 11.9 Å². The van der Waals surface area contributed by atoms with Crippen LogP contribution in [-0.2, 0) is 4.79 Å². The molecule has 5 rings (SSSR count). The first-order valence-corrected chi connectivity index (χ1v) is 10.5. The van der Waals surface area contributed by atoms with E-state index in [0.717, 1.165) is 41.0 Å². The van der Waals surface area contributed by atoms with E-state index in [1.807, 2.05) is 60.1 Å². The summed E-state index contributed by atoms with van der Waals surface area (Å²) in [7, 11) is 0. The van der Waals surface area contributed by atoms with Gasteiger partial charge in [-0.3, -0.25) is 4.79 Å².